The average molecular weight is 275 g/mol. The number of rotatable bonds is 3. The zero-order chi connectivity index (χ0) is 13.2. The zero-order valence-electron chi connectivity index (χ0n) is 10.1. The van der Waals surface area contributed by atoms with Crippen LogP contribution in [0, 0.1) is 5.92 Å². The molecule has 5 nitrogen and oxygen atoms in total. The summed E-state index contributed by atoms with van der Waals surface area (Å²) in [7, 11) is 0. The van der Waals surface area contributed by atoms with Crippen molar-refractivity contribution in [1.82, 2.24) is 15.2 Å². The van der Waals surface area contributed by atoms with Crippen molar-refractivity contribution in [2.45, 2.75) is 18.8 Å². The van der Waals surface area contributed by atoms with Crippen molar-refractivity contribution in [3.8, 4) is 10.7 Å². The van der Waals surface area contributed by atoms with E-state index in [4.69, 9.17) is 0 Å². The van der Waals surface area contributed by atoms with Crippen LogP contribution in [0.25, 0.3) is 10.7 Å². The van der Waals surface area contributed by atoms with Crippen molar-refractivity contribution in [2.24, 2.45) is 5.92 Å². The minimum Gasteiger partial charge on any atom is -0.481 e. The van der Waals surface area contributed by atoms with E-state index in [2.05, 4.69) is 15.2 Å². The molecule has 0 aliphatic heterocycles. The van der Waals surface area contributed by atoms with Crippen LogP contribution in [-0.2, 0) is 4.79 Å². The first kappa shape index (κ1) is 12.1. The molecule has 6 heteroatoms. The molecule has 2 N–H and O–H groups in total. The summed E-state index contributed by atoms with van der Waals surface area (Å²) < 4.78 is 0. The molecule has 0 bridgehead atoms. The smallest absolute Gasteiger partial charge is 0.307 e. The topological polar surface area (TPSA) is 78.9 Å². The lowest BCUT2D eigenvalue weighted by molar-refractivity contribution is -0.142. The molecule has 0 saturated heterocycles. The summed E-state index contributed by atoms with van der Waals surface area (Å²) in [6, 6.07) is 3.90. The standard InChI is InChI=1S/C13H13N3O2S/c17-13(18)9-5-2-1-4-8(9)11-14-12(16-15-11)10-6-3-7-19-10/h1-3,6-9H,4-5H2,(H,17,18)(H,14,15,16). The van der Waals surface area contributed by atoms with Crippen LogP contribution in [0.1, 0.15) is 24.6 Å². The van der Waals surface area contributed by atoms with E-state index in [0.29, 0.717) is 24.5 Å². The summed E-state index contributed by atoms with van der Waals surface area (Å²) in [4.78, 5) is 16.7. The highest BCUT2D eigenvalue weighted by Gasteiger charge is 2.32. The molecule has 1 aliphatic rings. The average Bonchev–Trinajstić information content (AvgIpc) is 3.09. The van der Waals surface area contributed by atoms with Crippen LogP contribution in [0.3, 0.4) is 0 Å². The Labute approximate surface area is 114 Å². The molecule has 98 valence electrons. The molecule has 2 atom stereocenters. The maximum atomic E-state index is 11.3. The summed E-state index contributed by atoms with van der Waals surface area (Å²) in [5.41, 5.74) is 0. The number of carboxylic acid groups (broad SMARTS) is 1. The van der Waals surface area contributed by atoms with E-state index in [9.17, 15) is 9.90 Å². The van der Waals surface area contributed by atoms with Gasteiger partial charge in [0.1, 0.15) is 5.82 Å². The Morgan fingerprint density at radius 1 is 1.42 bits per heavy atom. The highest BCUT2D eigenvalue weighted by atomic mass is 32.1. The Balaban J connectivity index is 1.89. The Morgan fingerprint density at radius 3 is 3.00 bits per heavy atom. The molecule has 2 heterocycles. The molecule has 0 aromatic carbocycles. The molecule has 3 rings (SSSR count). The van der Waals surface area contributed by atoms with Gasteiger partial charge in [0.05, 0.1) is 10.8 Å². The molecule has 0 fully saturated rings. The minimum absolute atomic E-state index is 0.122. The van der Waals surface area contributed by atoms with Gasteiger partial charge in [0, 0.05) is 5.92 Å². The zero-order valence-corrected chi connectivity index (χ0v) is 10.9. The normalized spacial score (nSPS) is 22.5. The summed E-state index contributed by atoms with van der Waals surface area (Å²) >= 11 is 1.57. The van der Waals surface area contributed by atoms with Gasteiger partial charge in [-0.1, -0.05) is 18.2 Å². The predicted molar refractivity (Wildman–Crippen MR) is 71.9 cm³/mol. The highest BCUT2D eigenvalue weighted by molar-refractivity contribution is 7.13. The Kier molecular flexibility index (Phi) is 3.16. The number of allylic oxidation sites excluding steroid dienone is 2. The first-order valence-electron chi connectivity index (χ1n) is 6.09. The summed E-state index contributed by atoms with van der Waals surface area (Å²) in [5, 5.41) is 18.3. The number of aromatic nitrogens is 3. The van der Waals surface area contributed by atoms with Crippen LogP contribution in [0.5, 0.6) is 0 Å². The Bertz CT molecular complexity index is 603. The first-order valence-corrected chi connectivity index (χ1v) is 6.97. The fourth-order valence-corrected chi connectivity index (χ4v) is 3.00. The maximum Gasteiger partial charge on any atom is 0.307 e. The van der Waals surface area contributed by atoms with Gasteiger partial charge in [0.2, 0.25) is 0 Å². The number of carboxylic acids is 1. The van der Waals surface area contributed by atoms with E-state index in [0.717, 1.165) is 4.88 Å². The summed E-state index contributed by atoms with van der Waals surface area (Å²) in [6.45, 7) is 0. The third-order valence-corrected chi connectivity index (χ3v) is 4.21. The summed E-state index contributed by atoms with van der Waals surface area (Å²) in [5.74, 6) is -0.00915. The Hall–Kier alpha value is -1.95. The first-order chi connectivity index (χ1) is 9.25. The second-order valence-electron chi connectivity index (χ2n) is 4.52. The van der Waals surface area contributed by atoms with Gasteiger partial charge in [0.15, 0.2) is 5.82 Å². The van der Waals surface area contributed by atoms with E-state index < -0.39 is 11.9 Å². The van der Waals surface area contributed by atoms with Gasteiger partial charge in [-0.2, -0.15) is 5.10 Å². The molecule has 0 saturated carbocycles. The van der Waals surface area contributed by atoms with E-state index in [-0.39, 0.29) is 5.92 Å². The highest BCUT2D eigenvalue weighted by Crippen LogP contribution is 2.34. The van der Waals surface area contributed by atoms with E-state index >= 15 is 0 Å². The monoisotopic (exact) mass is 275 g/mol. The van der Waals surface area contributed by atoms with Gasteiger partial charge in [-0.05, 0) is 24.3 Å². The molecule has 2 aromatic heterocycles. The second kappa shape index (κ2) is 4.97. The second-order valence-corrected chi connectivity index (χ2v) is 5.46. The number of hydrogen-bond acceptors (Lipinski definition) is 4. The quantitative estimate of drug-likeness (QED) is 0.844. The molecule has 2 aromatic rings. The van der Waals surface area contributed by atoms with Gasteiger partial charge in [-0.25, -0.2) is 4.98 Å². The number of thiophene rings is 1. The largest absolute Gasteiger partial charge is 0.481 e. The van der Waals surface area contributed by atoms with Crippen molar-refractivity contribution in [3.05, 3.63) is 35.5 Å². The number of nitrogens with zero attached hydrogens (tertiary/aromatic N) is 2. The number of hydrogen-bond donors (Lipinski definition) is 2. The maximum absolute atomic E-state index is 11.3. The third-order valence-electron chi connectivity index (χ3n) is 3.35. The fraction of sp³-hybridized carbons (Fsp3) is 0.308. The van der Waals surface area contributed by atoms with Gasteiger partial charge in [0.25, 0.3) is 0 Å². The summed E-state index contributed by atoms with van der Waals surface area (Å²) in [6.07, 6.45) is 5.17. The Morgan fingerprint density at radius 2 is 2.26 bits per heavy atom. The molecule has 2 unspecified atom stereocenters. The van der Waals surface area contributed by atoms with Crippen molar-refractivity contribution < 1.29 is 9.90 Å². The van der Waals surface area contributed by atoms with Gasteiger partial charge >= 0.3 is 5.97 Å². The SMILES string of the molecule is O=C(O)C1CC=CCC1c1nc(-c2cccs2)n[nH]1. The van der Waals surface area contributed by atoms with Gasteiger partial charge in [-0.3, -0.25) is 9.89 Å². The van der Waals surface area contributed by atoms with Crippen LogP contribution in [0.15, 0.2) is 29.7 Å². The lowest BCUT2D eigenvalue weighted by atomic mass is 9.82. The lowest BCUT2D eigenvalue weighted by Crippen LogP contribution is -2.24. The van der Waals surface area contributed by atoms with E-state index in [1.54, 1.807) is 11.3 Å². The molecular weight excluding hydrogens is 262 g/mol. The molecule has 0 radical (unpaired) electrons. The predicted octanol–water partition coefficient (Wildman–Crippen LogP) is 2.67. The van der Waals surface area contributed by atoms with Crippen LogP contribution in [0.4, 0.5) is 0 Å². The van der Waals surface area contributed by atoms with Gasteiger partial charge in [-0.15, -0.1) is 11.3 Å². The van der Waals surface area contributed by atoms with Gasteiger partial charge < -0.3 is 5.11 Å². The molecular formula is C13H13N3O2S. The van der Waals surface area contributed by atoms with Crippen molar-refractivity contribution in [3.63, 3.8) is 0 Å². The van der Waals surface area contributed by atoms with Crippen LogP contribution in [0.2, 0.25) is 0 Å². The van der Waals surface area contributed by atoms with Crippen molar-refractivity contribution in [2.75, 3.05) is 0 Å². The van der Waals surface area contributed by atoms with Crippen LogP contribution < -0.4 is 0 Å². The third kappa shape index (κ3) is 2.31. The molecule has 0 spiro atoms. The lowest BCUT2D eigenvalue weighted by Gasteiger charge is -2.22. The van der Waals surface area contributed by atoms with E-state index in [1.807, 2.05) is 29.7 Å². The number of aromatic amines is 1. The van der Waals surface area contributed by atoms with Crippen molar-refractivity contribution in [1.29, 1.82) is 0 Å². The van der Waals surface area contributed by atoms with Crippen LogP contribution >= 0.6 is 11.3 Å². The number of nitrogens with one attached hydrogen (secondary N) is 1. The number of H-pyrrole nitrogens is 1. The number of carbonyl (C=O) groups is 1. The van der Waals surface area contributed by atoms with Crippen molar-refractivity contribution >= 4 is 17.3 Å². The molecule has 1 aliphatic carbocycles. The molecule has 0 amide bonds. The van der Waals surface area contributed by atoms with Crippen LogP contribution in [-0.4, -0.2) is 26.3 Å². The number of aliphatic carboxylic acids is 1. The minimum atomic E-state index is -0.775. The fourth-order valence-electron chi connectivity index (χ4n) is 2.35. The van der Waals surface area contributed by atoms with E-state index in [1.165, 1.54) is 0 Å². The molecule has 19 heavy (non-hydrogen) atoms.